The summed E-state index contributed by atoms with van der Waals surface area (Å²) in [5.74, 6) is -0.343. The van der Waals surface area contributed by atoms with E-state index in [9.17, 15) is 9.59 Å². The van der Waals surface area contributed by atoms with Gasteiger partial charge in [0.05, 0.1) is 18.5 Å². The molecule has 2 N–H and O–H groups in total. The van der Waals surface area contributed by atoms with Crippen LogP contribution in [-0.2, 0) is 4.74 Å². The summed E-state index contributed by atoms with van der Waals surface area (Å²) in [5, 5.41) is 4.89. The molecule has 0 aliphatic carbocycles. The molecule has 0 saturated carbocycles. The normalized spacial score (nSPS) is 13.8. The van der Waals surface area contributed by atoms with Crippen LogP contribution in [0.3, 0.4) is 0 Å². The lowest BCUT2D eigenvalue weighted by molar-refractivity contribution is 0.0527. The zero-order chi connectivity index (χ0) is 23.5. The van der Waals surface area contributed by atoms with Crippen LogP contribution in [0, 0.1) is 6.92 Å². The molecule has 2 aromatic carbocycles. The molecule has 1 amide bonds. The number of nitrogen functional groups attached to an aromatic ring is 1. The van der Waals surface area contributed by atoms with Gasteiger partial charge in [-0.1, -0.05) is 17.7 Å². The molecule has 0 bridgehead atoms. The first-order valence-electron chi connectivity index (χ1n) is 10.8. The van der Waals surface area contributed by atoms with Crippen molar-refractivity contribution in [2.45, 2.75) is 13.8 Å². The van der Waals surface area contributed by atoms with E-state index in [0.717, 1.165) is 18.8 Å². The number of benzene rings is 2. The molecule has 0 atom stereocenters. The van der Waals surface area contributed by atoms with Crippen molar-refractivity contribution in [3.8, 4) is 5.69 Å². The maximum atomic E-state index is 13.0. The highest BCUT2D eigenvalue weighted by Gasteiger charge is 2.23. The van der Waals surface area contributed by atoms with Gasteiger partial charge in [-0.3, -0.25) is 4.79 Å². The quantitative estimate of drug-likeness (QED) is 0.577. The van der Waals surface area contributed by atoms with E-state index in [4.69, 9.17) is 22.1 Å². The Balaban J connectivity index is 1.42. The second-order valence-corrected chi connectivity index (χ2v) is 8.27. The Labute approximate surface area is 197 Å². The summed E-state index contributed by atoms with van der Waals surface area (Å²) in [6.07, 6.45) is 1.38. The lowest BCUT2D eigenvalue weighted by Crippen LogP contribution is -2.49. The number of anilines is 2. The number of hydrogen-bond acceptors (Lipinski definition) is 6. The number of aryl methyl sites for hydroxylation is 1. The average Bonchev–Trinajstić information content (AvgIpc) is 3.22. The molecule has 1 fully saturated rings. The summed E-state index contributed by atoms with van der Waals surface area (Å²) < 4.78 is 6.44. The van der Waals surface area contributed by atoms with Crippen LogP contribution in [0.2, 0.25) is 5.02 Å². The molecule has 1 aromatic heterocycles. The van der Waals surface area contributed by atoms with Gasteiger partial charge in [-0.15, -0.1) is 0 Å². The minimum absolute atomic E-state index is 0.0235. The highest BCUT2D eigenvalue weighted by atomic mass is 35.5. The van der Waals surface area contributed by atoms with Gasteiger partial charge in [0, 0.05) is 42.5 Å². The summed E-state index contributed by atoms with van der Waals surface area (Å²) in [6, 6.07) is 12.9. The molecule has 1 saturated heterocycles. The number of halogens is 1. The van der Waals surface area contributed by atoms with Gasteiger partial charge in [0.15, 0.2) is 0 Å². The highest BCUT2D eigenvalue weighted by molar-refractivity contribution is 6.30. The number of carbonyl (C=O) groups excluding carboxylic acids is 2. The molecule has 0 unspecified atom stereocenters. The van der Waals surface area contributed by atoms with E-state index >= 15 is 0 Å². The van der Waals surface area contributed by atoms with Crippen molar-refractivity contribution < 1.29 is 14.3 Å². The predicted octanol–water partition coefficient (Wildman–Crippen LogP) is 3.56. The Morgan fingerprint density at radius 2 is 1.79 bits per heavy atom. The number of hydrogen-bond donors (Lipinski definition) is 1. The predicted molar refractivity (Wildman–Crippen MR) is 128 cm³/mol. The van der Waals surface area contributed by atoms with Crippen molar-refractivity contribution in [1.29, 1.82) is 0 Å². The Kier molecular flexibility index (Phi) is 6.55. The zero-order valence-corrected chi connectivity index (χ0v) is 19.4. The summed E-state index contributed by atoms with van der Waals surface area (Å²) >= 11 is 6.16. The largest absolute Gasteiger partial charge is 0.462 e. The third kappa shape index (κ3) is 4.66. The van der Waals surface area contributed by atoms with E-state index in [0.29, 0.717) is 29.4 Å². The van der Waals surface area contributed by atoms with E-state index < -0.39 is 5.97 Å². The first-order valence-corrected chi connectivity index (χ1v) is 11.2. The number of amides is 1. The number of nitrogens with two attached hydrogens (primary N) is 1. The molecule has 0 spiro atoms. The first-order chi connectivity index (χ1) is 15.9. The SMILES string of the molecule is CCOC(=O)c1cnn(-c2ccc(C(=O)N3CCN(c4cc(Cl)ccc4C)CC3)cc2)c1N. The number of piperazine rings is 1. The number of nitrogens with zero attached hydrogens (tertiary/aromatic N) is 4. The second kappa shape index (κ2) is 9.54. The lowest BCUT2D eigenvalue weighted by atomic mass is 10.1. The fourth-order valence-corrected chi connectivity index (χ4v) is 4.10. The van der Waals surface area contributed by atoms with Crippen molar-refractivity contribution in [3.63, 3.8) is 0 Å². The summed E-state index contributed by atoms with van der Waals surface area (Å²) in [6.45, 7) is 6.78. The van der Waals surface area contributed by atoms with Crippen molar-refractivity contribution in [2.24, 2.45) is 0 Å². The van der Waals surface area contributed by atoms with Gasteiger partial charge in [-0.2, -0.15) is 5.10 Å². The van der Waals surface area contributed by atoms with Crippen LogP contribution in [0.4, 0.5) is 11.5 Å². The summed E-state index contributed by atoms with van der Waals surface area (Å²) in [5.41, 5.74) is 9.80. The van der Waals surface area contributed by atoms with Crippen LogP contribution in [0.25, 0.3) is 5.69 Å². The fourth-order valence-electron chi connectivity index (χ4n) is 3.93. The molecular weight excluding hydrogens is 442 g/mol. The molecule has 1 aliphatic heterocycles. The third-order valence-corrected chi connectivity index (χ3v) is 5.97. The number of aromatic nitrogens is 2. The minimum Gasteiger partial charge on any atom is -0.462 e. The Morgan fingerprint density at radius 3 is 2.45 bits per heavy atom. The van der Waals surface area contributed by atoms with E-state index in [1.807, 2.05) is 23.1 Å². The smallest absolute Gasteiger partial charge is 0.343 e. The van der Waals surface area contributed by atoms with Crippen molar-refractivity contribution >= 4 is 35.0 Å². The van der Waals surface area contributed by atoms with Gasteiger partial charge < -0.3 is 20.3 Å². The van der Waals surface area contributed by atoms with Crippen molar-refractivity contribution in [3.05, 3.63) is 70.4 Å². The van der Waals surface area contributed by atoms with Crippen LogP contribution in [0.5, 0.6) is 0 Å². The van der Waals surface area contributed by atoms with E-state index in [2.05, 4.69) is 16.9 Å². The van der Waals surface area contributed by atoms with Gasteiger partial charge in [0.25, 0.3) is 5.91 Å². The molecule has 0 radical (unpaired) electrons. The third-order valence-electron chi connectivity index (χ3n) is 5.74. The Morgan fingerprint density at radius 1 is 1.09 bits per heavy atom. The second-order valence-electron chi connectivity index (χ2n) is 7.83. The van der Waals surface area contributed by atoms with Gasteiger partial charge in [0.2, 0.25) is 0 Å². The van der Waals surface area contributed by atoms with Crippen LogP contribution < -0.4 is 10.6 Å². The zero-order valence-electron chi connectivity index (χ0n) is 18.6. The number of ether oxygens (including phenoxy) is 1. The molecular formula is C24H26ClN5O3. The van der Waals surface area contributed by atoms with Crippen LogP contribution in [-0.4, -0.2) is 59.3 Å². The molecule has 4 rings (SSSR count). The fraction of sp³-hybridized carbons (Fsp3) is 0.292. The van der Waals surface area contributed by atoms with Crippen LogP contribution in [0.15, 0.2) is 48.7 Å². The molecule has 8 nitrogen and oxygen atoms in total. The van der Waals surface area contributed by atoms with Crippen LogP contribution in [0.1, 0.15) is 33.2 Å². The van der Waals surface area contributed by atoms with Gasteiger partial charge in [-0.25, -0.2) is 9.48 Å². The molecule has 33 heavy (non-hydrogen) atoms. The Hall–Kier alpha value is -3.52. The molecule has 172 valence electrons. The maximum absolute atomic E-state index is 13.0. The molecule has 1 aliphatic rings. The molecule has 9 heteroatoms. The first kappa shape index (κ1) is 22.7. The van der Waals surface area contributed by atoms with Gasteiger partial charge >= 0.3 is 5.97 Å². The average molecular weight is 468 g/mol. The maximum Gasteiger partial charge on any atom is 0.343 e. The van der Waals surface area contributed by atoms with Gasteiger partial charge in [-0.05, 0) is 55.8 Å². The van der Waals surface area contributed by atoms with E-state index in [1.54, 1.807) is 31.2 Å². The van der Waals surface area contributed by atoms with Crippen molar-refractivity contribution in [1.82, 2.24) is 14.7 Å². The standard InChI is InChI=1S/C24H26ClN5O3/c1-3-33-24(32)20-15-27-30(22(20)26)19-8-5-17(6-9-19)23(31)29-12-10-28(11-13-29)21-14-18(25)7-4-16(21)2/h4-9,14-15H,3,10-13,26H2,1-2H3. The summed E-state index contributed by atoms with van der Waals surface area (Å²) in [4.78, 5) is 29.1. The number of rotatable bonds is 5. The number of esters is 1. The monoisotopic (exact) mass is 467 g/mol. The highest BCUT2D eigenvalue weighted by Crippen LogP contribution is 2.26. The number of carbonyl (C=O) groups is 2. The van der Waals surface area contributed by atoms with E-state index in [1.165, 1.54) is 16.4 Å². The Bertz CT molecular complexity index is 1170. The van der Waals surface area contributed by atoms with Crippen molar-refractivity contribution in [2.75, 3.05) is 43.4 Å². The van der Waals surface area contributed by atoms with Crippen LogP contribution >= 0.6 is 11.6 Å². The molecule has 3 aromatic rings. The van der Waals surface area contributed by atoms with E-state index in [-0.39, 0.29) is 23.9 Å². The van der Waals surface area contributed by atoms with Gasteiger partial charge in [0.1, 0.15) is 11.4 Å². The summed E-state index contributed by atoms with van der Waals surface area (Å²) in [7, 11) is 0. The minimum atomic E-state index is -0.514. The molecule has 2 heterocycles. The topological polar surface area (TPSA) is 93.7 Å². The lowest BCUT2D eigenvalue weighted by Gasteiger charge is -2.37.